The van der Waals surface area contributed by atoms with Gasteiger partial charge in [0.2, 0.25) is 0 Å². The van der Waals surface area contributed by atoms with Crippen molar-refractivity contribution < 1.29 is 23.9 Å². The molecule has 0 saturated carbocycles. The molecule has 3 aromatic rings. The molecule has 3 rings (SSSR count). The fourth-order valence-electron chi connectivity index (χ4n) is 2.84. The van der Waals surface area contributed by atoms with Gasteiger partial charge in [0, 0.05) is 24.2 Å². The zero-order valence-corrected chi connectivity index (χ0v) is 16.3. The van der Waals surface area contributed by atoms with Crippen molar-refractivity contribution in [1.29, 1.82) is 0 Å². The highest BCUT2D eigenvalue weighted by Gasteiger charge is 2.17. The Morgan fingerprint density at radius 3 is 2.63 bits per heavy atom. The van der Waals surface area contributed by atoms with Gasteiger partial charge in [-0.25, -0.2) is 19.6 Å². The zero-order valence-electron chi connectivity index (χ0n) is 16.3. The highest BCUT2D eigenvalue weighted by molar-refractivity contribution is 6.07. The van der Waals surface area contributed by atoms with Crippen LogP contribution in [0.4, 0.5) is 16.3 Å². The van der Waals surface area contributed by atoms with Gasteiger partial charge in [-0.2, -0.15) is 0 Å². The van der Waals surface area contributed by atoms with Gasteiger partial charge in [-0.1, -0.05) is 12.1 Å². The SMILES string of the molecule is COC(=O)CCc1ccc(NC(=O)Nc2ncncc2C(=O)OC)c2ncccc12. The third kappa shape index (κ3) is 4.66. The summed E-state index contributed by atoms with van der Waals surface area (Å²) in [6.07, 6.45) is 4.77. The smallest absolute Gasteiger partial charge is 0.343 e. The van der Waals surface area contributed by atoms with Crippen molar-refractivity contribution in [2.75, 3.05) is 24.9 Å². The highest BCUT2D eigenvalue weighted by atomic mass is 16.5. The summed E-state index contributed by atoms with van der Waals surface area (Å²) in [7, 11) is 2.57. The Balaban J connectivity index is 1.82. The second kappa shape index (κ2) is 9.41. The molecular weight excluding hydrogens is 390 g/mol. The van der Waals surface area contributed by atoms with Crippen LogP contribution in [-0.2, 0) is 20.7 Å². The number of aromatic nitrogens is 3. The first-order valence-electron chi connectivity index (χ1n) is 8.93. The predicted octanol–water partition coefficient (Wildman–Crippen LogP) is 2.56. The molecule has 0 radical (unpaired) electrons. The van der Waals surface area contributed by atoms with Crippen molar-refractivity contribution in [2.24, 2.45) is 0 Å². The number of methoxy groups -OCH3 is 2. The Bertz CT molecular complexity index is 1100. The second-order valence-corrected chi connectivity index (χ2v) is 6.10. The van der Waals surface area contributed by atoms with Gasteiger partial charge in [0.15, 0.2) is 5.82 Å². The van der Waals surface area contributed by atoms with Gasteiger partial charge in [-0.15, -0.1) is 0 Å². The van der Waals surface area contributed by atoms with E-state index >= 15 is 0 Å². The van der Waals surface area contributed by atoms with Crippen LogP contribution >= 0.6 is 0 Å². The van der Waals surface area contributed by atoms with Gasteiger partial charge in [0.25, 0.3) is 0 Å². The van der Waals surface area contributed by atoms with Crippen molar-refractivity contribution in [3.05, 3.63) is 54.1 Å². The van der Waals surface area contributed by atoms with Gasteiger partial charge in [-0.3, -0.25) is 15.1 Å². The lowest BCUT2D eigenvalue weighted by atomic mass is 10.0. The number of amides is 2. The number of aryl methyl sites for hydroxylation is 1. The van der Waals surface area contributed by atoms with Gasteiger partial charge >= 0.3 is 18.0 Å². The number of esters is 2. The number of carbonyl (C=O) groups excluding carboxylic acids is 3. The van der Waals surface area contributed by atoms with Crippen LogP contribution in [0.2, 0.25) is 0 Å². The molecule has 2 aromatic heterocycles. The number of nitrogens with one attached hydrogen (secondary N) is 2. The number of benzene rings is 1. The third-order valence-electron chi connectivity index (χ3n) is 4.28. The minimum Gasteiger partial charge on any atom is -0.469 e. The lowest BCUT2D eigenvalue weighted by Gasteiger charge is -2.13. The highest BCUT2D eigenvalue weighted by Crippen LogP contribution is 2.26. The monoisotopic (exact) mass is 409 g/mol. The lowest BCUT2D eigenvalue weighted by Crippen LogP contribution is -2.22. The summed E-state index contributed by atoms with van der Waals surface area (Å²) in [6, 6.07) is 6.53. The number of carbonyl (C=O) groups is 3. The summed E-state index contributed by atoms with van der Waals surface area (Å²) < 4.78 is 9.35. The van der Waals surface area contributed by atoms with E-state index in [0.29, 0.717) is 17.6 Å². The number of hydrogen-bond acceptors (Lipinski definition) is 8. The normalized spacial score (nSPS) is 10.3. The topological polar surface area (TPSA) is 132 Å². The molecule has 2 N–H and O–H groups in total. The molecule has 154 valence electrons. The third-order valence-corrected chi connectivity index (χ3v) is 4.28. The molecule has 10 nitrogen and oxygen atoms in total. The first-order chi connectivity index (χ1) is 14.5. The molecule has 0 atom stereocenters. The van der Waals surface area contributed by atoms with E-state index in [1.54, 1.807) is 18.3 Å². The standard InChI is InChI=1S/C20H19N5O5/c1-29-16(26)8-6-12-5-7-15(17-13(12)4-3-9-22-17)24-20(28)25-18-14(19(27)30-2)10-21-11-23-18/h3-5,7,9-11H,6,8H2,1-2H3,(H2,21,23,24,25,28). The molecule has 0 spiro atoms. The maximum absolute atomic E-state index is 12.5. The van der Waals surface area contributed by atoms with E-state index in [9.17, 15) is 14.4 Å². The van der Waals surface area contributed by atoms with E-state index in [0.717, 1.165) is 10.9 Å². The molecule has 1 aromatic carbocycles. The Hall–Kier alpha value is -4.08. The lowest BCUT2D eigenvalue weighted by molar-refractivity contribution is -0.140. The minimum atomic E-state index is -0.673. The Morgan fingerprint density at radius 2 is 1.87 bits per heavy atom. The van der Waals surface area contributed by atoms with Gasteiger partial charge in [0.1, 0.15) is 11.9 Å². The average Bonchev–Trinajstić information content (AvgIpc) is 2.78. The average molecular weight is 409 g/mol. The number of fused-ring (bicyclic) bond motifs is 1. The van der Waals surface area contributed by atoms with Crippen molar-refractivity contribution in [2.45, 2.75) is 12.8 Å². The maximum Gasteiger partial charge on any atom is 0.343 e. The molecule has 2 amide bonds. The number of rotatable bonds is 6. The second-order valence-electron chi connectivity index (χ2n) is 6.10. The van der Waals surface area contributed by atoms with Crippen molar-refractivity contribution in [3.8, 4) is 0 Å². The molecule has 0 bridgehead atoms. The van der Waals surface area contributed by atoms with Gasteiger partial charge < -0.3 is 14.8 Å². The summed E-state index contributed by atoms with van der Waals surface area (Å²) >= 11 is 0. The minimum absolute atomic E-state index is 0.0151. The first-order valence-corrected chi connectivity index (χ1v) is 8.93. The number of nitrogens with zero attached hydrogens (tertiary/aromatic N) is 3. The summed E-state index contributed by atoms with van der Waals surface area (Å²) in [5.41, 5.74) is 1.94. The number of ether oxygens (including phenoxy) is 2. The molecule has 0 unspecified atom stereocenters. The van der Waals surface area contributed by atoms with E-state index < -0.39 is 12.0 Å². The van der Waals surface area contributed by atoms with Crippen LogP contribution in [0.5, 0.6) is 0 Å². The molecule has 30 heavy (non-hydrogen) atoms. The van der Waals surface area contributed by atoms with Crippen molar-refractivity contribution in [3.63, 3.8) is 0 Å². The van der Waals surface area contributed by atoms with E-state index in [4.69, 9.17) is 0 Å². The van der Waals surface area contributed by atoms with Crippen LogP contribution < -0.4 is 10.6 Å². The number of pyridine rings is 1. The van der Waals surface area contributed by atoms with Gasteiger partial charge in [-0.05, 0) is 24.1 Å². The molecule has 2 heterocycles. The van der Waals surface area contributed by atoms with Gasteiger partial charge in [0.05, 0.1) is 25.4 Å². The van der Waals surface area contributed by atoms with E-state index in [1.165, 1.54) is 26.7 Å². The van der Waals surface area contributed by atoms with Crippen LogP contribution in [0.25, 0.3) is 10.9 Å². The molecule has 10 heteroatoms. The van der Waals surface area contributed by atoms with Crippen molar-refractivity contribution >= 4 is 40.4 Å². The summed E-state index contributed by atoms with van der Waals surface area (Å²) in [5.74, 6) is -0.964. The molecule has 0 aliphatic rings. The number of urea groups is 1. The largest absolute Gasteiger partial charge is 0.469 e. The molecule has 0 aliphatic heterocycles. The fraction of sp³-hybridized carbons (Fsp3) is 0.200. The van der Waals surface area contributed by atoms with Crippen LogP contribution in [0, 0.1) is 0 Å². The molecular formula is C20H19N5O5. The number of hydrogen-bond donors (Lipinski definition) is 2. The molecule has 0 fully saturated rings. The van der Waals surface area contributed by atoms with Crippen LogP contribution in [0.15, 0.2) is 43.0 Å². The summed E-state index contributed by atoms with van der Waals surface area (Å²) in [4.78, 5) is 47.8. The van der Waals surface area contributed by atoms with E-state index in [1.807, 2.05) is 12.1 Å². The summed E-state index contributed by atoms with van der Waals surface area (Å²) in [6.45, 7) is 0. The maximum atomic E-state index is 12.5. The molecule has 0 saturated heterocycles. The Labute approximate surface area is 171 Å². The summed E-state index contributed by atoms with van der Waals surface area (Å²) in [5, 5.41) is 6.02. The van der Waals surface area contributed by atoms with Crippen molar-refractivity contribution in [1.82, 2.24) is 15.0 Å². The van der Waals surface area contributed by atoms with E-state index in [-0.39, 0.29) is 23.8 Å². The van der Waals surface area contributed by atoms with Crippen LogP contribution in [-0.4, -0.2) is 47.1 Å². The molecule has 0 aliphatic carbocycles. The fourth-order valence-corrected chi connectivity index (χ4v) is 2.84. The van der Waals surface area contributed by atoms with Crippen LogP contribution in [0.3, 0.4) is 0 Å². The predicted molar refractivity (Wildman–Crippen MR) is 108 cm³/mol. The number of anilines is 2. The quantitative estimate of drug-likeness (QED) is 0.594. The zero-order chi connectivity index (χ0) is 21.5. The first kappa shape index (κ1) is 20.6. The van der Waals surface area contributed by atoms with Crippen LogP contribution in [0.1, 0.15) is 22.3 Å². The van der Waals surface area contributed by atoms with E-state index in [2.05, 4.69) is 35.1 Å². The Kier molecular flexibility index (Phi) is 6.48. The Morgan fingerprint density at radius 1 is 1.03 bits per heavy atom.